The van der Waals surface area contributed by atoms with Gasteiger partial charge in [0.1, 0.15) is 11.4 Å². The first-order valence-electron chi connectivity index (χ1n) is 6.16. The lowest BCUT2D eigenvalue weighted by Gasteiger charge is -2.20. The predicted octanol–water partition coefficient (Wildman–Crippen LogP) is 2.09. The molecule has 0 aliphatic carbocycles. The van der Waals surface area contributed by atoms with Gasteiger partial charge in [-0.3, -0.25) is 0 Å². The summed E-state index contributed by atoms with van der Waals surface area (Å²) in [7, 11) is 0. The first-order valence-corrected chi connectivity index (χ1v) is 6.16. The van der Waals surface area contributed by atoms with Crippen LogP contribution in [0.2, 0.25) is 0 Å². The Hall–Kier alpha value is -1.18. The molecule has 7 heteroatoms. The lowest BCUT2D eigenvalue weighted by molar-refractivity contribution is -0.137. The maximum atomic E-state index is 13.2. The van der Waals surface area contributed by atoms with E-state index < -0.39 is 23.2 Å². The summed E-state index contributed by atoms with van der Waals surface area (Å²) in [5, 5.41) is 12.8. The minimum Gasteiger partial charge on any atom is -0.386 e. The van der Waals surface area contributed by atoms with E-state index in [0.717, 1.165) is 12.1 Å². The molecular weight excluding hydrogens is 278 g/mol. The number of hydrogen-bond donors (Lipinski definition) is 2. The Labute approximate surface area is 113 Å². The molecule has 0 amide bonds. The fourth-order valence-electron chi connectivity index (χ4n) is 2.09. The third-order valence-corrected chi connectivity index (χ3v) is 3.15. The molecule has 1 heterocycles. The van der Waals surface area contributed by atoms with Crippen LogP contribution in [0, 0.1) is 5.82 Å². The summed E-state index contributed by atoms with van der Waals surface area (Å²) in [6.45, 7) is 0.876. The average molecular weight is 293 g/mol. The minimum atomic E-state index is -4.58. The van der Waals surface area contributed by atoms with Crippen LogP contribution < -0.4 is 5.32 Å². The van der Waals surface area contributed by atoms with E-state index in [1.807, 2.05) is 0 Å². The molecule has 1 aromatic rings. The van der Waals surface area contributed by atoms with Crippen molar-refractivity contribution in [1.82, 2.24) is 5.32 Å². The Morgan fingerprint density at radius 1 is 1.30 bits per heavy atom. The van der Waals surface area contributed by atoms with Gasteiger partial charge in [-0.05, 0) is 23.8 Å². The SMILES string of the molecule is OC1(CNCc2cc(F)cc(C(F)(F)F)c2)CCOC1. The molecule has 1 aromatic carbocycles. The molecule has 2 rings (SSSR count). The van der Waals surface area contributed by atoms with Crippen LogP contribution in [-0.2, 0) is 17.5 Å². The van der Waals surface area contributed by atoms with Crippen molar-refractivity contribution in [2.45, 2.75) is 24.7 Å². The number of ether oxygens (including phenoxy) is 1. The zero-order valence-electron chi connectivity index (χ0n) is 10.6. The summed E-state index contributed by atoms with van der Waals surface area (Å²) in [5.74, 6) is -0.931. The molecular formula is C13H15F4NO2. The lowest BCUT2D eigenvalue weighted by Crippen LogP contribution is -2.40. The van der Waals surface area contributed by atoms with E-state index in [0.29, 0.717) is 19.1 Å². The number of alkyl halides is 3. The van der Waals surface area contributed by atoms with Gasteiger partial charge in [-0.15, -0.1) is 0 Å². The van der Waals surface area contributed by atoms with Crippen LogP contribution in [0.3, 0.4) is 0 Å². The van der Waals surface area contributed by atoms with Crippen molar-refractivity contribution in [3.05, 3.63) is 35.1 Å². The molecule has 0 saturated carbocycles. The number of benzene rings is 1. The molecule has 0 bridgehead atoms. The fraction of sp³-hybridized carbons (Fsp3) is 0.538. The van der Waals surface area contributed by atoms with E-state index >= 15 is 0 Å². The van der Waals surface area contributed by atoms with Crippen molar-refractivity contribution >= 4 is 0 Å². The molecule has 2 N–H and O–H groups in total. The van der Waals surface area contributed by atoms with Gasteiger partial charge in [0.15, 0.2) is 0 Å². The van der Waals surface area contributed by atoms with E-state index in [4.69, 9.17) is 4.74 Å². The van der Waals surface area contributed by atoms with Crippen LogP contribution in [0.1, 0.15) is 17.5 Å². The topological polar surface area (TPSA) is 41.5 Å². The van der Waals surface area contributed by atoms with Crippen LogP contribution >= 0.6 is 0 Å². The van der Waals surface area contributed by atoms with Gasteiger partial charge in [-0.2, -0.15) is 13.2 Å². The van der Waals surface area contributed by atoms with E-state index in [-0.39, 0.29) is 25.3 Å². The molecule has 1 saturated heterocycles. The van der Waals surface area contributed by atoms with E-state index in [1.54, 1.807) is 0 Å². The molecule has 0 radical (unpaired) electrons. The predicted molar refractivity (Wildman–Crippen MR) is 63.5 cm³/mol. The second kappa shape index (κ2) is 5.67. The number of nitrogens with one attached hydrogen (secondary N) is 1. The zero-order chi connectivity index (χ0) is 14.8. The first-order chi connectivity index (χ1) is 9.28. The summed E-state index contributed by atoms with van der Waals surface area (Å²) in [5.41, 5.74) is -1.84. The third kappa shape index (κ3) is 3.91. The molecule has 20 heavy (non-hydrogen) atoms. The maximum Gasteiger partial charge on any atom is 0.416 e. The molecule has 1 atom stereocenters. The summed E-state index contributed by atoms with van der Waals surface area (Å²) in [6.07, 6.45) is -4.11. The third-order valence-electron chi connectivity index (χ3n) is 3.15. The Bertz CT molecular complexity index is 470. The van der Waals surface area contributed by atoms with Gasteiger partial charge in [0.2, 0.25) is 0 Å². The maximum absolute atomic E-state index is 13.2. The van der Waals surface area contributed by atoms with E-state index in [1.165, 1.54) is 0 Å². The van der Waals surface area contributed by atoms with Gasteiger partial charge < -0.3 is 15.2 Å². The Morgan fingerprint density at radius 2 is 2.05 bits per heavy atom. The molecule has 0 aromatic heterocycles. The summed E-state index contributed by atoms with van der Waals surface area (Å²) < 4.78 is 55.8. The van der Waals surface area contributed by atoms with Crippen molar-refractivity contribution < 1.29 is 27.4 Å². The number of aliphatic hydroxyl groups is 1. The number of hydrogen-bond acceptors (Lipinski definition) is 3. The van der Waals surface area contributed by atoms with Crippen LogP contribution in [-0.4, -0.2) is 30.5 Å². The standard InChI is InChI=1S/C13H15F4NO2/c14-11-4-9(3-10(5-11)13(15,16)17)6-18-7-12(19)1-2-20-8-12/h3-5,18-19H,1-2,6-8H2. The highest BCUT2D eigenvalue weighted by atomic mass is 19.4. The molecule has 0 spiro atoms. The highest BCUT2D eigenvalue weighted by Crippen LogP contribution is 2.30. The normalized spacial score (nSPS) is 23.2. The van der Waals surface area contributed by atoms with Gasteiger partial charge in [0, 0.05) is 26.1 Å². The fourth-order valence-corrected chi connectivity index (χ4v) is 2.09. The molecule has 1 aliphatic rings. The van der Waals surface area contributed by atoms with Crippen LogP contribution in [0.5, 0.6) is 0 Å². The summed E-state index contributed by atoms with van der Waals surface area (Å²) >= 11 is 0. The van der Waals surface area contributed by atoms with E-state index in [9.17, 15) is 22.7 Å². The monoisotopic (exact) mass is 293 g/mol. The second-order valence-corrected chi connectivity index (χ2v) is 4.98. The Kier molecular flexibility index (Phi) is 4.31. The van der Waals surface area contributed by atoms with Gasteiger partial charge in [0.25, 0.3) is 0 Å². The first kappa shape index (κ1) is 15.2. The quantitative estimate of drug-likeness (QED) is 0.835. The van der Waals surface area contributed by atoms with Crippen molar-refractivity contribution in [2.24, 2.45) is 0 Å². The summed E-state index contributed by atoms with van der Waals surface area (Å²) in [4.78, 5) is 0. The highest BCUT2D eigenvalue weighted by molar-refractivity contribution is 5.26. The van der Waals surface area contributed by atoms with Gasteiger partial charge in [-0.25, -0.2) is 4.39 Å². The molecule has 1 unspecified atom stereocenters. The smallest absolute Gasteiger partial charge is 0.386 e. The highest BCUT2D eigenvalue weighted by Gasteiger charge is 2.32. The zero-order valence-corrected chi connectivity index (χ0v) is 10.6. The van der Waals surface area contributed by atoms with Crippen LogP contribution in [0.15, 0.2) is 18.2 Å². The van der Waals surface area contributed by atoms with Crippen molar-refractivity contribution in [3.63, 3.8) is 0 Å². The second-order valence-electron chi connectivity index (χ2n) is 4.98. The largest absolute Gasteiger partial charge is 0.416 e. The summed E-state index contributed by atoms with van der Waals surface area (Å²) in [6, 6.07) is 2.39. The Balaban J connectivity index is 1.97. The van der Waals surface area contributed by atoms with Crippen molar-refractivity contribution in [3.8, 4) is 0 Å². The minimum absolute atomic E-state index is 0.0448. The lowest BCUT2D eigenvalue weighted by atomic mass is 10.0. The average Bonchev–Trinajstić information content (AvgIpc) is 2.74. The molecule has 3 nitrogen and oxygen atoms in total. The molecule has 1 aliphatic heterocycles. The number of halogens is 4. The van der Waals surface area contributed by atoms with E-state index in [2.05, 4.69) is 5.32 Å². The van der Waals surface area contributed by atoms with Gasteiger partial charge in [-0.1, -0.05) is 0 Å². The van der Waals surface area contributed by atoms with Gasteiger partial charge >= 0.3 is 6.18 Å². The molecule has 1 fully saturated rings. The van der Waals surface area contributed by atoms with Crippen molar-refractivity contribution in [2.75, 3.05) is 19.8 Å². The van der Waals surface area contributed by atoms with Crippen molar-refractivity contribution in [1.29, 1.82) is 0 Å². The number of rotatable bonds is 4. The van der Waals surface area contributed by atoms with Crippen LogP contribution in [0.4, 0.5) is 17.6 Å². The molecule has 112 valence electrons. The van der Waals surface area contributed by atoms with Gasteiger partial charge in [0.05, 0.1) is 12.2 Å². The Morgan fingerprint density at radius 3 is 2.65 bits per heavy atom. The van der Waals surface area contributed by atoms with Crippen LogP contribution in [0.25, 0.3) is 0 Å².